The van der Waals surface area contributed by atoms with Gasteiger partial charge in [-0.2, -0.15) is 0 Å². The van der Waals surface area contributed by atoms with Crippen LogP contribution in [0.4, 0.5) is 22.7 Å². The van der Waals surface area contributed by atoms with Crippen molar-refractivity contribution in [3.63, 3.8) is 0 Å². The first-order valence-electron chi connectivity index (χ1n) is 7.95. The molecule has 2 rings (SSSR count). The molecule has 2 aromatic rings. The van der Waals surface area contributed by atoms with Crippen LogP contribution in [0.15, 0.2) is 48.5 Å². The maximum Gasteiger partial charge on any atom is 0.292 e. The smallest absolute Gasteiger partial charge is 0.292 e. The molecule has 0 radical (unpaired) electrons. The Morgan fingerprint density at radius 3 is 1.48 bits per heavy atom. The zero-order chi connectivity index (χ0) is 19.8. The molecule has 0 saturated heterocycles. The van der Waals surface area contributed by atoms with Crippen molar-refractivity contribution in [1.82, 2.24) is 0 Å². The zero-order valence-corrected chi connectivity index (χ0v) is 14.1. The van der Waals surface area contributed by atoms with Gasteiger partial charge in [-0.1, -0.05) is 24.3 Å². The van der Waals surface area contributed by atoms with E-state index in [0.29, 0.717) is 0 Å². The summed E-state index contributed by atoms with van der Waals surface area (Å²) >= 11 is 0. The minimum absolute atomic E-state index is 0.0314. The third-order valence-electron chi connectivity index (χ3n) is 3.56. The highest BCUT2D eigenvalue weighted by atomic mass is 16.6. The first-order valence-corrected chi connectivity index (χ1v) is 7.95. The molecule has 0 aromatic heterocycles. The van der Waals surface area contributed by atoms with Crippen molar-refractivity contribution in [2.45, 2.75) is 19.3 Å². The molecule has 10 heteroatoms. The molecule has 0 aliphatic heterocycles. The third-order valence-corrected chi connectivity index (χ3v) is 3.56. The summed E-state index contributed by atoms with van der Waals surface area (Å²) in [5.41, 5.74) is -0.284. The fraction of sp³-hybridized carbons (Fsp3) is 0.176. The van der Waals surface area contributed by atoms with Gasteiger partial charge in [-0.3, -0.25) is 29.8 Å². The molecule has 0 fully saturated rings. The van der Waals surface area contributed by atoms with Crippen molar-refractivity contribution in [2.24, 2.45) is 0 Å². The molecule has 0 heterocycles. The average Bonchev–Trinajstić information content (AvgIpc) is 2.62. The maximum atomic E-state index is 11.9. The molecule has 10 nitrogen and oxygen atoms in total. The van der Waals surface area contributed by atoms with Gasteiger partial charge in [0.2, 0.25) is 11.8 Å². The Labute approximate surface area is 153 Å². The molecule has 0 bridgehead atoms. The molecule has 0 aliphatic carbocycles. The molecule has 2 aromatic carbocycles. The van der Waals surface area contributed by atoms with Crippen molar-refractivity contribution in [3.8, 4) is 0 Å². The predicted octanol–water partition coefficient (Wildman–Crippen LogP) is 3.25. The number of benzene rings is 2. The molecular weight excluding hydrogens is 356 g/mol. The Morgan fingerprint density at radius 1 is 0.741 bits per heavy atom. The summed E-state index contributed by atoms with van der Waals surface area (Å²) in [5, 5.41) is 26.7. The van der Waals surface area contributed by atoms with Crippen LogP contribution in [-0.2, 0) is 9.59 Å². The van der Waals surface area contributed by atoms with E-state index in [-0.39, 0.29) is 42.0 Å². The fourth-order valence-electron chi connectivity index (χ4n) is 2.31. The molecule has 27 heavy (non-hydrogen) atoms. The van der Waals surface area contributed by atoms with Crippen LogP contribution in [0.25, 0.3) is 0 Å². The lowest BCUT2D eigenvalue weighted by Gasteiger charge is -2.07. The van der Waals surface area contributed by atoms with E-state index in [2.05, 4.69) is 10.6 Å². The molecule has 0 spiro atoms. The van der Waals surface area contributed by atoms with Gasteiger partial charge >= 0.3 is 0 Å². The Hall–Kier alpha value is -3.82. The van der Waals surface area contributed by atoms with E-state index in [1.165, 1.54) is 36.4 Å². The van der Waals surface area contributed by atoms with Crippen LogP contribution >= 0.6 is 0 Å². The summed E-state index contributed by atoms with van der Waals surface area (Å²) in [6, 6.07) is 11.5. The maximum absolute atomic E-state index is 11.9. The Morgan fingerprint density at radius 2 is 1.11 bits per heavy atom. The van der Waals surface area contributed by atoms with Gasteiger partial charge in [0.05, 0.1) is 9.85 Å². The van der Waals surface area contributed by atoms with E-state index < -0.39 is 21.7 Å². The van der Waals surface area contributed by atoms with Crippen molar-refractivity contribution in [3.05, 3.63) is 68.8 Å². The van der Waals surface area contributed by atoms with Crippen molar-refractivity contribution >= 4 is 34.6 Å². The second-order valence-electron chi connectivity index (χ2n) is 5.50. The van der Waals surface area contributed by atoms with Crippen molar-refractivity contribution in [1.29, 1.82) is 0 Å². The lowest BCUT2D eigenvalue weighted by molar-refractivity contribution is -0.384. The number of nitrogens with one attached hydrogen (secondary N) is 2. The number of hydrogen-bond acceptors (Lipinski definition) is 6. The monoisotopic (exact) mass is 372 g/mol. The molecule has 140 valence electrons. The van der Waals surface area contributed by atoms with Gasteiger partial charge in [-0.05, 0) is 18.6 Å². The van der Waals surface area contributed by atoms with Crippen LogP contribution in [0.1, 0.15) is 19.3 Å². The molecule has 0 aliphatic rings. The average molecular weight is 372 g/mol. The Kier molecular flexibility index (Phi) is 6.53. The van der Waals surface area contributed by atoms with Gasteiger partial charge in [-0.15, -0.1) is 0 Å². The van der Waals surface area contributed by atoms with Crippen LogP contribution in [-0.4, -0.2) is 21.7 Å². The topological polar surface area (TPSA) is 144 Å². The third kappa shape index (κ3) is 5.59. The van der Waals surface area contributed by atoms with Crippen LogP contribution in [0, 0.1) is 20.2 Å². The second-order valence-corrected chi connectivity index (χ2v) is 5.50. The van der Waals surface area contributed by atoms with Gasteiger partial charge in [0, 0.05) is 25.0 Å². The SMILES string of the molecule is O=C(CCCC(=O)Nc1ccccc1[N+](=O)[O-])Nc1ccccc1[N+](=O)[O-]. The summed E-state index contributed by atoms with van der Waals surface area (Å²) in [6.07, 6.45) is 0.117. The van der Waals surface area contributed by atoms with E-state index in [4.69, 9.17) is 0 Å². The lowest BCUT2D eigenvalue weighted by Crippen LogP contribution is -2.15. The molecule has 0 unspecified atom stereocenters. The standard InChI is InChI=1S/C17H16N4O6/c22-16(18-12-6-1-3-8-14(12)20(24)25)10-5-11-17(23)19-13-7-2-4-9-15(13)21(26)27/h1-4,6-9H,5,10-11H2,(H,18,22)(H,19,23). The van der Waals surface area contributed by atoms with Crippen LogP contribution in [0.5, 0.6) is 0 Å². The quantitative estimate of drug-likeness (QED) is 0.537. The number of nitro groups is 2. The van der Waals surface area contributed by atoms with E-state index in [1.54, 1.807) is 12.1 Å². The number of amides is 2. The first-order chi connectivity index (χ1) is 12.9. The summed E-state index contributed by atoms with van der Waals surface area (Å²) in [5.74, 6) is -0.939. The first kappa shape index (κ1) is 19.5. The molecule has 0 saturated carbocycles. The van der Waals surface area contributed by atoms with Gasteiger partial charge in [0.1, 0.15) is 11.4 Å². The molecule has 2 N–H and O–H groups in total. The van der Waals surface area contributed by atoms with E-state index in [1.807, 2.05) is 0 Å². The highest BCUT2D eigenvalue weighted by molar-refractivity contribution is 5.95. The second kappa shape index (κ2) is 9.04. The largest absolute Gasteiger partial charge is 0.320 e. The Balaban J connectivity index is 1.84. The summed E-state index contributed by atoms with van der Waals surface area (Å²) in [4.78, 5) is 44.4. The Bertz CT molecular complexity index is 812. The van der Waals surface area contributed by atoms with Gasteiger partial charge in [-0.25, -0.2) is 0 Å². The normalized spacial score (nSPS) is 10.1. The number of anilines is 2. The summed E-state index contributed by atoms with van der Waals surface area (Å²) in [6.45, 7) is 0. The number of nitrogens with zero attached hydrogens (tertiary/aromatic N) is 2. The van der Waals surface area contributed by atoms with Gasteiger partial charge < -0.3 is 10.6 Å². The highest BCUT2D eigenvalue weighted by Gasteiger charge is 2.16. The van der Waals surface area contributed by atoms with Gasteiger partial charge in [0.25, 0.3) is 11.4 Å². The number of carbonyl (C=O) groups is 2. The predicted molar refractivity (Wildman–Crippen MR) is 97.3 cm³/mol. The fourth-order valence-corrected chi connectivity index (χ4v) is 2.31. The van der Waals surface area contributed by atoms with E-state index in [9.17, 15) is 29.8 Å². The number of nitro benzene ring substituents is 2. The van der Waals surface area contributed by atoms with Crippen molar-refractivity contribution < 1.29 is 19.4 Å². The van der Waals surface area contributed by atoms with E-state index in [0.717, 1.165) is 0 Å². The molecule has 2 amide bonds. The minimum Gasteiger partial charge on any atom is -0.320 e. The summed E-state index contributed by atoms with van der Waals surface area (Å²) < 4.78 is 0. The van der Waals surface area contributed by atoms with Crippen molar-refractivity contribution in [2.75, 3.05) is 10.6 Å². The zero-order valence-electron chi connectivity index (χ0n) is 14.1. The molecule has 0 atom stereocenters. The molecular formula is C17H16N4O6. The lowest BCUT2D eigenvalue weighted by atomic mass is 10.2. The minimum atomic E-state index is -0.601. The highest BCUT2D eigenvalue weighted by Crippen LogP contribution is 2.24. The number of hydrogen-bond donors (Lipinski definition) is 2. The number of rotatable bonds is 8. The van der Waals surface area contributed by atoms with E-state index >= 15 is 0 Å². The van der Waals surface area contributed by atoms with Gasteiger partial charge in [0.15, 0.2) is 0 Å². The van der Waals surface area contributed by atoms with Crippen LogP contribution in [0.2, 0.25) is 0 Å². The van der Waals surface area contributed by atoms with Crippen LogP contribution < -0.4 is 10.6 Å². The number of carbonyl (C=O) groups excluding carboxylic acids is 2. The number of para-hydroxylation sites is 4. The summed E-state index contributed by atoms with van der Waals surface area (Å²) in [7, 11) is 0. The van der Waals surface area contributed by atoms with Crippen LogP contribution in [0.3, 0.4) is 0 Å².